The summed E-state index contributed by atoms with van der Waals surface area (Å²) < 4.78 is 5.70. The zero-order valence-electron chi connectivity index (χ0n) is 15.3. The Labute approximate surface area is 159 Å². The van der Waals surface area contributed by atoms with Crippen molar-refractivity contribution >= 4 is 33.7 Å². The van der Waals surface area contributed by atoms with Crippen molar-refractivity contribution in [1.82, 2.24) is 15.4 Å². The number of hydrogen-bond donors (Lipinski definition) is 2. The van der Waals surface area contributed by atoms with Gasteiger partial charge in [-0.3, -0.25) is 9.59 Å². The number of aryl methyl sites for hydroxylation is 2. The molecule has 1 fully saturated rings. The second-order valence-corrected chi connectivity index (χ2v) is 8.21. The molecule has 8 heteroatoms. The second kappa shape index (κ2) is 6.77. The fourth-order valence-corrected chi connectivity index (χ4v) is 4.15. The van der Waals surface area contributed by atoms with Crippen molar-refractivity contribution in [3.63, 3.8) is 0 Å². The molecule has 2 N–H and O–H groups in total. The lowest BCUT2D eigenvalue weighted by atomic mass is 10.2. The predicted molar refractivity (Wildman–Crippen MR) is 104 cm³/mol. The number of nitrogens with one attached hydrogen (secondary N) is 2. The number of hydrogen-bond acceptors (Lipinski definition) is 6. The number of thiophene rings is 1. The van der Waals surface area contributed by atoms with Gasteiger partial charge in [-0.25, -0.2) is 10.4 Å². The average Bonchev–Trinajstić information content (AvgIpc) is 3.02. The molecule has 0 saturated heterocycles. The van der Waals surface area contributed by atoms with E-state index in [9.17, 15) is 9.59 Å². The molecule has 0 aromatic carbocycles. The molecule has 0 bridgehead atoms. The standard InChI is InChI=1S/C19H20N4O3S/c1-9-6-13(9)14-5-4-12(26-14)8-20-23-16(24)7-15-21-18(25)17-10(2)11(3)27-19(17)22-15/h4-5,8-9,13H,6-7H2,1-3H3,(H,23,24)(H,21,22,25)/b20-8-/t9-,13-/m1/s1. The average molecular weight is 384 g/mol. The zero-order valence-corrected chi connectivity index (χ0v) is 16.1. The summed E-state index contributed by atoms with van der Waals surface area (Å²) >= 11 is 1.45. The van der Waals surface area contributed by atoms with Gasteiger partial charge in [-0.15, -0.1) is 11.3 Å². The van der Waals surface area contributed by atoms with Crippen LogP contribution in [-0.4, -0.2) is 22.1 Å². The Hall–Kier alpha value is -2.74. The van der Waals surface area contributed by atoms with Gasteiger partial charge >= 0.3 is 0 Å². The summed E-state index contributed by atoms with van der Waals surface area (Å²) in [6.07, 6.45) is 2.57. The van der Waals surface area contributed by atoms with Gasteiger partial charge in [-0.1, -0.05) is 6.92 Å². The van der Waals surface area contributed by atoms with Gasteiger partial charge in [0.2, 0.25) is 5.91 Å². The Morgan fingerprint density at radius 1 is 1.48 bits per heavy atom. The molecule has 3 aromatic rings. The van der Waals surface area contributed by atoms with Crippen LogP contribution >= 0.6 is 11.3 Å². The van der Waals surface area contributed by atoms with Crippen molar-refractivity contribution in [2.45, 2.75) is 39.5 Å². The van der Waals surface area contributed by atoms with Crippen LogP contribution in [0.1, 0.15) is 47.0 Å². The third-order valence-corrected chi connectivity index (χ3v) is 6.02. The summed E-state index contributed by atoms with van der Waals surface area (Å²) in [6.45, 7) is 6.04. The fourth-order valence-electron chi connectivity index (χ4n) is 3.10. The van der Waals surface area contributed by atoms with E-state index in [4.69, 9.17) is 4.42 Å². The summed E-state index contributed by atoms with van der Waals surface area (Å²) in [5.41, 5.74) is 3.15. The molecule has 1 aliphatic carbocycles. The van der Waals surface area contributed by atoms with Gasteiger partial charge in [-0.2, -0.15) is 5.10 Å². The van der Waals surface area contributed by atoms with Crippen LogP contribution in [0, 0.1) is 19.8 Å². The van der Waals surface area contributed by atoms with E-state index in [0.29, 0.717) is 33.6 Å². The first-order valence-corrected chi connectivity index (χ1v) is 9.64. The van der Waals surface area contributed by atoms with E-state index < -0.39 is 0 Å². The maximum Gasteiger partial charge on any atom is 0.259 e. The topological polar surface area (TPSA) is 100 Å². The van der Waals surface area contributed by atoms with E-state index in [1.165, 1.54) is 17.6 Å². The van der Waals surface area contributed by atoms with Crippen LogP contribution in [0.5, 0.6) is 0 Å². The minimum Gasteiger partial charge on any atom is -0.460 e. The molecular weight excluding hydrogens is 364 g/mol. The Bertz CT molecular complexity index is 1110. The number of aromatic amines is 1. The van der Waals surface area contributed by atoms with Crippen molar-refractivity contribution in [2.75, 3.05) is 0 Å². The van der Waals surface area contributed by atoms with E-state index in [1.807, 2.05) is 26.0 Å². The lowest BCUT2D eigenvalue weighted by molar-refractivity contribution is -0.120. The van der Waals surface area contributed by atoms with Gasteiger partial charge in [0.15, 0.2) is 0 Å². The first-order valence-electron chi connectivity index (χ1n) is 8.83. The molecule has 0 unspecified atom stereocenters. The van der Waals surface area contributed by atoms with E-state index in [0.717, 1.165) is 22.6 Å². The van der Waals surface area contributed by atoms with Crippen LogP contribution in [0.4, 0.5) is 0 Å². The highest BCUT2D eigenvalue weighted by molar-refractivity contribution is 7.18. The van der Waals surface area contributed by atoms with Gasteiger partial charge < -0.3 is 9.40 Å². The molecule has 2 atom stereocenters. The first kappa shape index (κ1) is 17.7. The maximum absolute atomic E-state index is 12.2. The van der Waals surface area contributed by atoms with Gasteiger partial charge in [0, 0.05) is 10.8 Å². The normalized spacial score (nSPS) is 19.1. The molecule has 140 valence electrons. The molecule has 1 amide bonds. The summed E-state index contributed by atoms with van der Waals surface area (Å²) in [5, 5.41) is 4.51. The monoisotopic (exact) mass is 384 g/mol. The lowest BCUT2D eigenvalue weighted by Crippen LogP contribution is -2.23. The van der Waals surface area contributed by atoms with E-state index >= 15 is 0 Å². The zero-order chi connectivity index (χ0) is 19.1. The van der Waals surface area contributed by atoms with Crippen LogP contribution in [0.2, 0.25) is 0 Å². The molecule has 0 aliphatic heterocycles. The number of nitrogens with zero attached hydrogens (tertiary/aromatic N) is 2. The largest absolute Gasteiger partial charge is 0.460 e. The molecule has 1 aliphatic rings. The number of carbonyl (C=O) groups excluding carboxylic acids is 1. The van der Waals surface area contributed by atoms with Crippen molar-refractivity contribution in [2.24, 2.45) is 11.0 Å². The third kappa shape index (κ3) is 3.57. The Morgan fingerprint density at radius 3 is 3.00 bits per heavy atom. The number of H-pyrrole nitrogens is 1. The van der Waals surface area contributed by atoms with Crippen molar-refractivity contribution < 1.29 is 9.21 Å². The Morgan fingerprint density at radius 2 is 2.26 bits per heavy atom. The molecule has 4 rings (SSSR count). The molecule has 1 saturated carbocycles. The quantitative estimate of drug-likeness (QED) is 0.522. The molecular formula is C19H20N4O3S. The highest BCUT2D eigenvalue weighted by Gasteiger charge is 2.36. The van der Waals surface area contributed by atoms with Gasteiger partial charge in [0.05, 0.1) is 18.0 Å². The number of furan rings is 1. The van der Waals surface area contributed by atoms with E-state index in [2.05, 4.69) is 27.4 Å². The molecule has 0 radical (unpaired) electrons. The van der Waals surface area contributed by atoms with Crippen LogP contribution in [0.3, 0.4) is 0 Å². The molecule has 0 spiro atoms. The van der Waals surface area contributed by atoms with Crippen LogP contribution in [0.15, 0.2) is 26.4 Å². The van der Waals surface area contributed by atoms with Crippen molar-refractivity contribution in [3.8, 4) is 0 Å². The lowest BCUT2D eigenvalue weighted by Gasteiger charge is -2.00. The van der Waals surface area contributed by atoms with E-state index in [1.54, 1.807) is 0 Å². The highest BCUT2D eigenvalue weighted by Crippen LogP contribution is 2.47. The molecule has 3 aromatic heterocycles. The van der Waals surface area contributed by atoms with Gasteiger partial charge in [-0.05, 0) is 43.9 Å². The third-order valence-electron chi connectivity index (χ3n) is 4.92. The summed E-state index contributed by atoms with van der Waals surface area (Å²) in [4.78, 5) is 33.1. The summed E-state index contributed by atoms with van der Waals surface area (Å²) in [6, 6.07) is 3.79. The fraction of sp³-hybridized carbons (Fsp3) is 0.368. The van der Waals surface area contributed by atoms with Gasteiger partial charge in [0.25, 0.3) is 5.56 Å². The van der Waals surface area contributed by atoms with Gasteiger partial charge in [0.1, 0.15) is 22.2 Å². The van der Waals surface area contributed by atoms with Crippen molar-refractivity contribution in [1.29, 1.82) is 0 Å². The summed E-state index contributed by atoms with van der Waals surface area (Å²) in [5.74, 6) is 2.70. The van der Waals surface area contributed by atoms with Crippen LogP contribution in [-0.2, 0) is 11.2 Å². The van der Waals surface area contributed by atoms with Crippen LogP contribution in [0.25, 0.3) is 10.2 Å². The molecule has 27 heavy (non-hydrogen) atoms. The Kier molecular flexibility index (Phi) is 4.43. The molecule has 3 heterocycles. The minimum atomic E-state index is -0.360. The van der Waals surface area contributed by atoms with Crippen molar-refractivity contribution in [3.05, 3.63) is 50.3 Å². The number of carbonyl (C=O) groups is 1. The summed E-state index contributed by atoms with van der Waals surface area (Å²) in [7, 11) is 0. The smallest absolute Gasteiger partial charge is 0.259 e. The Balaban J connectivity index is 1.40. The predicted octanol–water partition coefficient (Wildman–Crippen LogP) is 3.01. The first-order chi connectivity index (χ1) is 12.9. The SMILES string of the molecule is Cc1sc2nc(CC(=O)N/N=C\c3ccc([C@@H]4C[C@H]4C)o3)[nH]c(=O)c2c1C. The van der Waals surface area contributed by atoms with E-state index in [-0.39, 0.29) is 17.9 Å². The number of rotatable bonds is 5. The highest BCUT2D eigenvalue weighted by atomic mass is 32.1. The molecule has 7 nitrogen and oxygen atoms in total. The second-order valence-electron chi connectivity index (χ2n) is 7.01. The number of aromatic nitrogens is 2. The number of hydrazone groups is 1. The maximum atomic E-state index is 12.2. The number of amides is 1. The number of fused-ring (bicyclic) bond motifs is 1. The van der Waals surface area contributed by atoms with Crippen LogP contribution < -0.4 is 11.0 Å². The minimum absolute atomic E-state index is 0.0541.